The van der Waals surface area contributed by atoms with Crippen LogP contribution in [0.3, 0.4) is 0 Å². The minimum absolute atomic E-state index is 0.0243. The lowest BCUT2D eigenvalue weighted by Crippen LogP contribution is -2.37. The van der Waals surface area contributed by atoms with Crippen molar-refractivity contribution in [3.8, 4) is 0 Å². The van der Waals surface area contributed by atoms with Gasteiger partial charge < -0.3 is 27.9 Å². The molecule has 0 saturated carbocycles. The number of ether oxygens (including phenoxy) is 2. The van der Waals surface area contributed by atoms with Crippen molar-refractivity contribution in [2.75, 3.05) is 54.1 Å². The van der Waals surface area contributed by atoms with E-state index in [9.17, 15) is 14.3 Å². The highest BCUT2D eigenvalue weighted by Crippen LogP contribution is 2.38. The van der Waals surface area contributed by atoms with E-state index in [1.807, 2.05) is 21.1 Å². The van der Waals surface area contributed by atoms with Crippen LogP contribution in [0.5, 0.6) is 0 Å². The summed E-state index contributed by atoms with van der Waals surface area (Å²) in [5.41, 5.74) is 0. The van der Waals surface area contributed by atoms with Crippen molar-refractivity contribution < 1.29 is 37.3 Å². The van der Waals surface area contributed by atoms with Crippen molar-refractivity contribution in [3.63, 3.8) is 0 Å². The molecule has 0 fully saturated rings. The minimum atomic E-state index is -4.52. The second-order valence-electron chi connectivity index (χ2n) is 15.3. The van der Waals surface area contributed by atoms with Gasteiger partial charge in [0.25, 0.3) is 7.82 Å². The van der Waals surface area contributed by atoms with Crippen molar-refractivity contribution in [2.45, 2.75) is 187 Å². The summed E-state index contributed by atoms with van der Waals surface area (Å²) in [5.74, 6) is -0.345. The van der Waals surface area contributed by atoms with Crippen molar-refractivity contribution in [1.82, 2.24) is 0 Å². The summed E-state index contributed by atoms with van der Waals surface area (Å²) in [4.78, 5) is 25.0. The van der Waals surface area contributed by atoms with Gasteiger partial charge >= 0.3 is 5.97 Å². The second-order valence-corrected chi connectivity index (χ2v) is 16.8. The molecule has 0 aliphatic carbocycles. The highest BCUT2D eigenvalue weighted by atomic mass is 31.2. The van der Waals surface area contributed by atoms with E-state index >= 15 is 0 Å². The van der Waals surface area contributed by atoms with Gasteiger partial charge in [-0.15, -0.1) is 0 Å². The molecule has 51 heavy (non-hydrogen) atoms. The molecule has 0 rings (SSSR count). The summed E-state index contributed by atoms with van der Waals surface area (Å²) >= 11 is 0. The Hall–Kier alpha value is -1.02. The van der Waals surface area contributed by atoms with Crippen molar-refractivity contribution >= 4 is 13.8 Å². The van der Waals surface area contributed by atoms with Crippen molar-refractivity contribution in [2.24, 2.45) is 0 Å². The number of nitrogens with zero attached hydrogens (tertiary/aromatic N) is 1. The number of carbonyl (C=O) groups is 1. The van der Waals surface area contributed by atoms with Gasteiger partial charge in [0, 0.05) is 13.0 Å². The van der Waals surface area contributed by atoms with Crippen LogP contribution < -0.4 is 4.89 Å². The summed E-state index contributed by atoms with van der Waals surface area (Å²) in [7, 11) is 1.35. The number of phosphoric acid groups is 1. The van der Waals surface area contributed by atoms with E-state index in [0.717, 1.165) is 44.9 Å². The maximum atomic E-state index is 12.6. The highest BCUT2D eigenvalue weighted by molar-refractivity contribution is 7.45. The summed E-state index contributed by atoms with van der Waals surface area (Å²) in [5, 5.41) is 0. The van der Waals surface area contributed by atoms with Crippen LogP contribution in [0.1, 0.15) is 181 Å². The number of allylic oxidation sites excluding steroid dienone is 4. The molecule has 302 valence electrons. The van der Waals surface area contributed by atoms with Crippen LogP contribution in [-0.2, 0) is 27.9 Å². The molecule has 0 radical (unpaired) electrons. The number of hydrogen-bond donors (Lipinski definition) is 0. The van der Waals surface area contributed by atoms with Gasteiger partial charge in [0.2, 0.25) is 0 Å². The number of hydrogen-bond acceptors (Lipinski definition) is 7. The van der Waals surface area contributed by atoms with Crippen LogP contribution in [0.4, 0.5) is 0 Å². The molecule has 0 heterocycles. The quantitative estimate of drug-likeness (QED) is 0.0203. The Morgan fingerprint density at radius 1 is 0.588 bits per heavy atom. The Kier molecular flexibility index (Phi) is 35.3. The van der Waals surface area contributed by atoms with E-state index in [2.05, 4.69) is 38.2 Å². The molecule has 0 aromatic rings. The first-order chi connectivity index (χ1) is 24.6. The molecule has 8 nitrogen and oxygen atoms in total. The lowest BCUT2D eigenvalue weighted by atomic mass is 10.1. The fourth-order valence-electron chi connectivity index (χ4n) is 5.65. The van der Waals surface area contributed by atoms with Gasteiger partial charge in [-0.25, -0.2) is 0 Å². The Balaban J connectivity index is 4.28. The number of carbonyl (C=O) groups excluding carboxylic acids is 1. The van der Waals surface area contributed by atoms with Crippen molar-refractivity contribution in [3.05, 3.63) is 24.3 Å². The maximum absolute atomic E-state index is 12.6. The zero-order valence-corrected chi connectivity index (χ0v) is 35.0. The van der Waals surface area contributed by atoms with E-state index in [4.69, 9.17) is 18.5 Å². The normalized spacial score (nSPS) is 14.1. The Morgan fingerprint density at radius 3 is 1.51 bits per heavy atom. The van der Waals surface area contributed by atoms with E-state index in [-0.39, 0.29) is 25.8 Å². The number of likely N-dealkylation sites (N-methyl/N-ethyl adjacent to an activating group) is 1. The van der Waals surface area contributed by atoms with Crippen LogP contribution in [-0.4, -0.2) is 70.7 Å². The molecule has 0 bridgehead atoms. The van der Waals surface area contributed by atoms with Gasteiger partial charge in [0.1, 0.15) is 19.3 Å². The zero-order chi connectivity index (χ0) is 37.7. The summed E-state index contributed by atoms with van der Waals surface area (Å²) < 4.78 is 34.5. The maximum Gasteiger partial charge on any atom is 0.306 e. The number of esters is 1. The minimum Gasteiger partial charge on any atom is -0.756 e. The van der Waals surface area contributed by atoms with E-state index < -0.39 is 13.9 Å². The molecule has 0 aliphatic heterocycles. The van der Waals surface area contributed by atoms with Gasteiger partial charge in [-0.3, -0.25) is 9.36 Å². The Bertz CT molecular complexity index is 874. The van der Waals surface area contributed by atoms with Crippen LogP contribution in [0.15, 0.2) is 24.3 Å². The molecule has 0 spiro atoms. The first-order valence-electron chi connectivity index (χ1n) is 21.1. The standard InChI is InChI=1S/C42H82NO7P/c1-6-8-10-12-14-16-18-20-22-23-25-27-29-31-33-35-42(44)50-41(40-49-51(45,46)48-38-36-43(3,4)5)39-47-37-34-32-30-28-26-24-21-19-17-15-13-11-9-7-2/h17,19-20,22,41H,6-16,18,21,23-40H2,1-5H3/b19-17-,22-20-. The van der Waals surface area contributed by atoms with E-state index in [1.54, 1.807) is 0 Å². The topological polar surface area (TPSA) is 94.1 Å². The number of phosphoric ester groups is 1. The van der Waals surface area contributed by atoms with E-state index in [0.29, 0.717) is 24.1 Å². The van der Waals surface area contributed by atoms with Gasteiger partial charge in [-0.1, -0.05) is 134 Å². The third-order valence-corrected chi connectivity index (χ3v) is 9.94. The molecule has 0 saturated heterocycles. The SMILES string of the molecule is CCCCCC/C=C\CCCCCCCCOCC(COP(=O)([O-])OCC[N+](C)(C)C)OC(=O)CCCCCCC/C=C\CCCCCCCC. The molecule has 0 N–H and O–H groups in total. The van der Waals surface area contributed by atoms with Gasteiger partial charge in [-0.2, -0.15) is 0 Å². The smallest absolute Gasteiger partial charge is 0.306 e. The summed E-state index contributed by atoms with van der Waals surface area (Å²) in [6, 6.07) is 0. The predicted octanol–water partition coefficient (Wildman–Crippen LogP) is 11.4. The molecule has 2 atom stereocenters. The molecule has 0 aliphatic rings. The zero-order valence-electron chi connectivity index (χ0n) is 34.1. The number of rotatable bonds is 39. The Labute approximate surface area is 315 Å². The third-order valence-electron chi connectivity index (χ3n) is 8.98. The molecule has 9 heteroatoms. The van der Waals surface area contributed by atoms with Gasteiger partial charge in [0.15, 0.2) is 0 Å². The predicted molar refractivity (Wildman–Crippen MR) is 213 cm³/mol. The highest BCUT2D eigenvalue weighted by Gasteiger charge is 2.20. The van der Waals surface area contributed by atoms with Crippen LogP contribution >= 0.6 is 7.82 Å². The number of unbranched alkanes of at least 4 members (excludes halogenated alkanes) is 21. The monoisotopic (exact) mass is 744 g/mol. The molecule has 2 unspecified atom stereocenters. The number of quaternary nitrogens is 1. The summed E-state index contributed by atoms with van der Waals surface area (Å²) in [6.07, 6.45) is 38.9. The molecule has 0 amide bonds. The van der Waals surface area contributed by atoms with Gasteiger partial charge in [0.05, 0.1) is 34.4 Å². The molecule has 0 aromatic heterocycles. The van der Waals surface area contributed by atoms with Crippen LogP contribution in [0, 0.1) is 0 Å². The molecule has 0 aromatic carbocycles. The molecular formula is C42H82NO7P. The fraction of sp³-hybridized carbons (Fsp3) is 0.881. The Morgan fingerprint density at radius 2 is 1.02 bits per heavy atom. The largest absolute Gasteiger partial charge is 0.756 e. The third kappa shape index (κ3) is 40.0. The van der Waals surface area contributed by atoms with Crippen molar-refractivity contribution in [1.29, 1.82) is 0 Å². The average molecular weight is 744 g/mol. The lowest BCUT2D eigenvalue weighted by Gasteiger charge is -2.28. The van der Waals surface area contributed by atoms with Crippen LogP contribution in [0.25, 0.3) is 0 Å². The van der Waals surface area contributed by atoms with E-state index in [1.165, 1.54) is 116 Å². The summed E-state index contributed by atoms with van der Waals surface area (Å²) in [6.45, 7) is 5.38. The van der Waals surface area contributed by atoms with Crippen LogP contribution in [0.2, 0.25) is 0 Å². The first-order valence-corrected chi connectivity index (χ1v) is 22.5. The second kappa shape index (κ2) is 36.0. The molecular weight excluding hydrogens is 661 g/mol. The fourth-order valence-corrected chi connectivity index (χ4v) is 6.38. The first kappa shape index (κ1) is 50.0. The van der Waals surface area contributed by atoms with Gasteiger partial charge in [-0.05, 0) is 64.2 Å². The average Bonchev–Trinajstić information content (AvgIpc) is 3.08. The lowest BCUT2D eigenvalue weighted by molar-refractivity contribution is -0.870.